The summed E-state index contributed by atoms with van der Waals surface area (Å²) in [5.41, 5.74) is 1.02. The summed E-state index contributed by atoms with van der Waals surface area (Å²) in [4.78, 5) is 13.7. The van der Waals surface area contributed by atoms with Gasteiger partial charge in [0, 0.05) is 25.7 Å². The second-order valence-electron chi connectivity index (χ2n) is 4.55. The van der Waals surface area contributed by atoms with Crippen LogP contribution < -0.4 is 5.32 Å². The van der Waals surface area contributed by atoms with Gasteiger partial charge in [-0.2, -0.15) is 0 Å². The molecule has 1 heterocycles. The molecule has 0 spiro atoms. The molecule has 2 rings (SSSR count). The Kier molecular flexibility index (Phi) is 6.67. The summed E-state index contributed by atoms with van der Waals surface area (Å²) >= 11 is 0. The van der Waals surface area contributed by atoms with Gasteiger partial charge in [-0.25, -0.2) is 4.79 Å². The third-order valence-electron chi connectivity index (χ3n) is 3.21. The first-order chi connectivity index (χ1) is 8.79. The van der Waals surface area contributed by atoms with Gasteiger partial charge in [-0.15, -0.1) is 12.4 Å². The van der Waals surface area contributed by atoms with Crippen LogP contribution in [0.15, 0.2) is 30.3 Å². The van der Waals surface area contributed by atoms with Crippen LogP contribution in [0.1, 0.15) is 18.9 Å². The molecule has 5 heteroatoms. The molecule has 106 valence electrons. The normalized spacial score (nSPS) is 18.6. The van der Waals surface area contributed by atoms with Gasteiger partial charge in [-0.05, 0) is 12.0 Å². The first kappa shape index (κ1) is 15.8. The molecule has 1 atom stereocenters. The first-order valence-corrected chi connectivity index (χ1v) is 6.48. The van der Waals surface area contributed by atoms with E-state index in [2.05, 4.69) is 12.2 Å². The van der Waals surface area contributed by atoms with E-state index in [0.717, 1.165) is 31.6 Å². The third kappa shape index (κ3) is 4.73. The molecule has 4 nitrogen and oxygen atoms in total. The summed E-state index contributed by atoms with van der Waals surface area (Å²) in [6.45, 7) is 4.78. The number of nitrogens with zero attached hydrogens (tertiary/aromatic N) is 1. The number of halogens is 1. The van der Waals surface area contributed by atoms with E-state index in [1.807, 2.05) is 30.3 Å². The number of carbonyl (C=O) groups is 1. The highest BCUT2D eigenvalue weighted by molar-refractivity contribution is 5.85. The molecule has 1 aromatic rings. The number of piperazine rings is 1. The fraction of sp³-hybridized carbons (Fsp3) is 0.500. The predicted molar refractivity (Wildman–Crippen MR) is 77.5 cm³/mol. The Bertz CT molecular complexity index is 386. The predicted octanol–water partition coefficient (Wildman–Crippen LogP) is 2.43. The number of hydrogen-bond acceptors (Lipinski definition) is 3. The van der Waals surface area contributed by atoms with Gasteiger partial charge < -0.3 is 15.0 Å². The van der Waals surface area contributed by atoms with E-state index in [1.54, 1.807) is 4.90 Å². The molecule has 1 saturated heterocycles. The number of ether oxygens (including phenoxy) is 1. The zero-order chi connectivity index (χ0) is 12.8. The molecule has 0 aromatic heterocycles. The van der Waals surface area contributed by atoms with E-state index in [0.29, 0.717) is 12.6 Å². The van der Waals surface area contributed by atoms with E-state index >= 15 is 0 Å². The lowest BCUT2D eigenvalue weighted by atomic mass is 10.2. The van der Waals surface area contributed by atoms with Crippen LogP contribution in [-0.4, -0.2) is 36.7 Å². The Balaban J connectivity index is 0.00000180. The molecule has 1 aliphatic rings. The van der Waals surface area contributed by atoms with Crippen molar-refractivity contribution in [2.45, 2.75) is 26.0 Å². The first-order valence-electron chi connectivity index (χ1n) is 6.48. The van der Waals surface area contributed by atoms with Crippen molar-refractivity contribution in [2.24, 2.45) is 0 Å². The van der Waals surface area contributed by atoms with Crippen LogP contribution >= 0.6 is 12.4 Å². The average Bonchev–Trinajstić information content (AvgIpc) is 2.46. The Hall–Kier alpha value is -1.26. The van der Waals surface area contributed by atoms with Crippen LogP contribution in [0.4, 0.5) is 4.79 Å². The maximum Gasteiger partial charge on any atom is 0.410 e. The lowest BCUT2D eigenvalue weighted by molar-refractivity contribution is 0.0846. The Morgan fingerprint density at radius 3 is 2.84 bits per heavy atom. The largest absolute Gasteiger partial charge is 0.445 e. The Morgan fingerprint density at radius 1 is 1.42 bits per heavy atom. The quantitative estimate of drug-likeness (QED) is 0.927. The van der Waals surface area contributed by atoms with Gasteiger partial charge in [0.15, 0.2) is 0 Å². The van der Waals surface area contributed by atoms with E-state index in [1.165, 1.54) is 0 Å². The van der Waals surface area contributed by atoms with Gasteiger partial charge in [0.2, 0.25) is 0 Å². The van der Waals surface area contributed by atoms with Gasteiger partial charge >= 0.3 is 6.09 Å². The molecule has 1 aliphatic heterocycles. The molecule has 1 fully saturated rings. The highest BCUT2D eigenvalue weighted by atomic mass is 35.5. The summed E-state index contributed by atoms with van der Waals surface area (Å²) in [7, 11) is 0. The fourth-order valence-electron chi connectivity index (χ4n) is 2.08. The maximum absolute atomic E-state index is 11.9. The number of hydrogen-bond donors (Lipinski definition) is 1. The van der Waals surface area contributed by atoms with Crippen molar-refractivity contribution in [3.63, 3.8) is 0 Å². The summed E-state index contributed by atoms with van der Waals surface area (Å²) in [5.74, 6) is 0. The monoisotopic (exact) mass is 284 g/mol. The highest BCUT2D eigenvalue weighted by Crippen LogP contribution is 2.07. The number of rotatable bonds is 3. The molecule has 1 aromatic carbocycles. The molecule has 19 heavy (non-hydrogen) atoms. The van der Waals surface area contributed by atoms with Crippen LogP contribution in [0, 0.1) is 0 Å². The lowest BCUT2D eigenvalue weighted by Gasteiger charge is -2.32. The van der Waals surface area contributed by atoms with E-state index < -0.39 is 0 Å². The topological polar surface area (TPSA) is 41.6 Å². The summed E-state index contributed by atoms with van der Waals surface area (Å²) in [6, 6.07) is 10.2. The van der Waals surface area contributed by atoms with Crippen LogP contribution in [0.3, 0.4) is 0 Å². The molecule has 0 aliphatic carbocycles. The molecule has 1 amide bonds. The van der Waals surface area contributed by atoms with Crippen molar-refractivity contribution in [1.29, 1.82) is 0 Å². The van der Waals surface area contributed by atoms with Gasteiger partial charge in [0.25, 0.3) is 0 Å². The number of amides is 1. The summed E-state index contributed by atoms with van der Waals surface area (Å²) in [5, 5.41) is 3.38. The zero-order valence-corrected chi connectivity index (χ0v) is 12.0. The van der Waals surface area contributed by atoms with Gasteiger partial charge in [0.05, 0.1) is 0 Å². The zero-order valence-electron chi connectivity index (χ0n) is 11.2. The van der Waals surface area contributed by atoms with Crippen molar-refractivity contribution < 1.29 is 9.53 Å². The highest BCUT2D eigenvalue weighted by Gasteiger charge is 2.22. The number of benzene rings is 1. The SMILES string of the molecule is CC[C@H]1CN(C(=O)OCc2ccccc2)CCN1.Cl. The van der Waals surface area contributed by atoms with Crippen LogP contribution in [0.5, 0.6) is 0 Å². The second kappa shape index (κ2) is 8.02. The minimum absolute atomic E-state index is 0. The molecule has 0 saturated carbocycles. The van der Waals surface area contributed by atoms with Crippen LogP contribution in [0.25, 0.3) is 0 Å². The van der Waals surface area contributed by atoms with Crippen molar-refractivity contribution in [1.82, 2.24) is 10.2 Å². The van der Waals surface area contributed by atoms with Crippen molar-refractivity contribution >= 4 is 18.5 Å². The molecule has 0 bridgehead atoms. The van der Waals surface area contributed by atoms with E-state index in [9.17, 15) is 4.79 Å². The molecular weight excluding hydrogens is 264 g/mol. The van der Waals surface area contributed by atoms with Gasteiger partial charge in [0.1, 0.15) is 6.61 Å². The summed E-state index contributed by atoms with van der Waals surface area (Å²) < 4.78 is 5.32. The van der Waals surface area contributed by atoms with Crippen LogP contribution in [-0.2, 0) is 11.3 Å². The smallest absolute Gasteiger partial charge is 0.410 e. The number of nitrogens with one attached hydrogen (secondary N) is 1. The summed E-state index contributed by atoms with van der Waals surface area (Å²) in [6.07, 6.45) is 0.821. The van der Waals surface area contributed by atoms with Gasteiger partial charge in [-0.1, -0.05) is 37.3 Å². The second-order valence-corrected chi connectivity index (χ2v) is 4.55. The fourth-order valence-corrected chi connectivity index (χ4v) is 2.08. The number of carbonyl (C=O) groups excluding carboxylic acids is 1. The Labute approximate surface area is 120 Å². The molecule has 0 unspecified atom stereocenters. The van der Waals surface area contributed by atoms with Crippen LogP contribution in [0.2, 0.25) is 0 Å². The average molecular weight is 285 g/mol. The standard InChI is InChI=1S/C14H20N2O2.ClH/c1-2-13-10-16(9-8-15-13)14(17)18-11-12-6-4-3-5-7-12;/h3-7,13,15H,2,8-11H2,1H3;1H/t13-;/m0./s1. The third-order valence-corrected chi connectivity index (χ3v) is 3.21. The van der Waals surface area contributed by atoms with Crippen molar-refractivity contribution in [3.8, 4) is 0 Å². The minimum Gasteiger partial charge on any atom is -0.445 e. The molecular formula is C14H21ClN2O2. The Morgan fingerprint density at radius 2 is 2.16 bits per heavy atom. The van der Waals surface area contributed by atoms with Crippen molar-refractivity contribution in [2.75, 3.05) is 19.6 Å². The minimum atomic E-state index is -0.209. The van der Waals surface area contributed by atoms with Crippen molar-refractivity contribution in [3.05, 3.63) is 35.9 Å². The molecule has 1 N–H and O–H groups in total. The maximum atomic E-state index is 11.9. The van der Waals surface area contributed by atoms with Gasteiger partial charge in [-0.3, -0.25) is 0 Å². The van der Waals surface area contributed by atoms with E-state index in [4.69, 9.17) is 4.74 Å². The lowest BCUT2D eigenvalue weighted by Crippen LogP contribution is -2.52. The molecule has 0 radical (unpaired) electrons. The van der Waals surface area contributed by atoms with E-state index in [-0.39, 0.29) is 18.5 Å².